The van der Waals surface area contributed by atoms with Gasteiger partial charge in [0.25, 0.3) is 0 Å². The standard InChI is InChI=1S/C35H48N4O6S/c1-23-14-13-17-26(24(23)2)29(30(40)37-28(32(42)44-34(3,4)5)22-25-15-11-10-12-16-25)39(20-19-36)31(41)27(18-21-46-9)38-33(43)45-35(6,7)8/h10-17,27-29H,18,20-22H2,1-9H3,(H,37,40)(H,38,43). The lowest BCUT2D eigenvalue weighted by Gasteiger charge is -2.34. The highest BCUT2D eigenvalue weighted by Gasteiger charge is 2.39. The molecule has 0 spiro atoms. The van der Waals surface area contributed by atoms with Crippen molar-refractivity contribution in [1.29, 1.82) is 5.26 Å². The molecule has 0 aliphatic heterocycles. The minimum absolute atomic E-state index is 0.143. The Bertz CT molecular complexity index is 1390. The maximum Gasteiger partial charge on any atom is 0.408 e. The van der Waals surface area contributed by atoms with Gasteiger partial charge in [-0.2, -0.15) is 17.0 Å². The quantitative estimate of drug-likeness (QED) is 0.216. The van der Waals surface area contributed by atoms with Gasteiger partial charge in [0, 0.05) is 6.42 Å². The molecule has 0 aromatic heterocycles. The predicted molar refractivity (Wildman–Crippen MR) is 180 cm³/mol. The number of benzene rings is 2. The van der Waals surface area contributed by atoms with Crippen molar-refractivity contribution in [2.75, 3.05) is 18.6 Å². The summed E-state index contributed by atoms with van der Waals surface area (Å²) in [5, 5.41) is 15.4. The van der Waals surface area contributed by atoms with Crippen LogP contribution in [0.3, 0.4) is 0 Å². The monoisotopic (exact) mass is 652 g/mol. The average Bonchev–Trinajstić information content (AvgIpc) is 2.95. The molecule has 3 unspecified atom stereocenters. The second-order valence-corrected chi connectivity index (χ2v) is 14.1. The van der Waals surface area contributed by atoms with Gasteiger partial charge in [0.05, 0.1) is 6.07 Å². The molecular weight excluding hydrogens is 604 g/mol. The van der Waals surface area contributed by atoms with Gasteiger partial charge < -0.3 is 25.0 Å². The maximum absolute atomic E-state index is 14.4. The zero-order valence-corrected chi connectivity index (χ0v) is 29.2. The van der Waals surface area contributed by atoms with Gasteiger partial charge in [-0.1, -0.05) is 48.5 Å². The fourth-order valence-electron chi connectivity index (χ4n) is 4.70. The van der Waals surface area contributed by atoms with Crippen LogP contribution in [-0.2, 0) is 30.3 Å². The Labute approximate surface area is 277 Å². The van der Waals surface area contributed by atoms with Gasteiger partial charge in [-0.15, -0.1) is 0 Å². The van der Waals surface area contributed by atoms with Gasteiger partial charge in [-0.05, 0) is 96.1 Å². The van der Waals surface area contributed by atoms with Crippen LogP contribution in [0.5, 0.6) is 0 Å². The number of nitriles is 1. The van der Waals surface area contributed by atoms with E-state index in [1.165, 1.54) is 11.8 Å². The number of esters is 1. The molecule has 0 aliphatic rings. The molecule has 3 amide bonds. The van der Waals surface area contributed by atoms with Crippen molar-refractivity contribution in [1.82, 2.24) is 15.5 Å². The molecular formula is C35H48N4O6S. The van der Waals surface area contributed by atoms with Gasteiger partial charge >= 0.3 is 12.1 Å². The molecule has 0 saturated carbocycles. The van der Waals surface area contributed by atoms with Crippen molar-refractivity contribution < 1.29 is 28.7 Å². The number of alkyl carbamates (subject to hydrolysis) is 1. The molecule has 11 heteroatoms. The minimum Gasteiger partial charge on any atom is -0.458 e. The summed E-state index contributed by atoms with van der Waals surface area (Å²) in [6, 6.07) is 13.1. The third-order valence-corrected chi connectivity index (χ3v) is 7.56. The molecule has 2 aromatic carbocycles. The van der Waals surface area contributed by atoms with Crippen LogP contribution in [0.4, 0.5) is 4.79 Å². The highest BCUT2D eigenvalue weighted by atomic mass is 32.2. The van der Waals surface area contributed by atoms with Crippen LogP contribution in [0.1, 0.15) is 76.3 Å². The van der Waals surface area contributed by atoms with Crippen LogP contribution in [0, 0.1) is 25.2 Å². The molecule has 46 heavy (non-hydrogen) atoms. The van der Waals surface area contributed by atoms with Crippen molar-refractivity contribution in [3.05, 3.63) is 70.8 Å². The van der Waals surface area contributed by atoms with E-state index < -0.39 is 59.7 Å². The molecule has 0 fully saturated rings. The molecule has 2 aromatic rings. The highest BCUT2D eigenvalue weighted by molar-refractivity contribution is 7.98. The zero-order chi connectivity index (χ0) is 34.7. The summed E-state index contributed by atoms with van der Waals surface area (Å²) in [5.41, 5.74) is 1.29. The number of rotatable bonds is 13. The van der Waals surface area contributed by atoms with E-state index >= 15 is 0 Å². The first-order valence-electron chi connectivity index (χ1n) is 15.3. The van der Waals surface area contributed by atoms with Crippen LogP contribution in [0.2, 0.25) is 0 Å². The first-order chi connectivity index (χ1) is 21.5. The number of thioether (sulfide) groups is 1. The number of hydrogen-bond donors (Lipinski definition) is 2. The molecule has 0 saturated heterocycles. The molecule has 2 rings (SSSR count). The van der Waals surface area contributed by atoms with E-state index in [9.17, 15) is 24.4 Å². The topological polar surface area (TPSA) is 138 Å². The Balaban J connectivity index is 2.63. The summed E-state index contributed by atoms with van der Waals surface area (Å²) < 4.78 is 11.1. The molecule has 3 atom stereocenters. The van der Waals surface area contributed by atoms with Crippen LogP contribution < -0.4 is 10.6 Å². The molecule has 0 bridgehead atoms. The Morgan fingerprint density at radius 3 is 2.09 bits per heavy atom. The summed E-state index contributed by atoms with van der Waals surface area (Å²) >= 11 is 1.49. The zero-order valence-electron chi connectivity index (χ0n) is 28.4. The SMILES string of the molecule is CSCCC(NC(=O)OC(C)(C)C)C(=O)N(CC#N)C(C(=O)NC(Cc1ccccc1)C(=O)OC(C)(C)C)c1cccc(C)c1C. The van der Waals surface area contributed by atoms with E-state index in [0.717, 1.165) is 21.6 Å². The summed E-state index contributed by atoms with van der Waals surface area (Å²) in [7, 11) is 0. The fourth-order valence-corrected chi connectivity index (χ4v) is 5.17. The predicted octanol–water partition coefficient (Wildman–Crippen LogP) is 5.41. The Kier molecular flexibility index (Phi) is 14.1. The summed E-state index contributed by atoms with van der Waals surface area (Å²) in [5.74, 6) is -1.40. The summed E-state index contributed by atoms with van der Waals surface area (Å²) in [4.78, 5) is 56.1. The highest BCUT2D eigenvalue weighted by Crippen LogP contribution is 2.28. The normalized spacial score (nSPS) is 13.4. The lowest BCUT2D eigenvalue weighted by atomic mass is 9.94. The van der Waals surface area contributed by atoms with Crippen LogP contribution in [-0.4, -0.2) is 70.6 Å². The van der Waals surface area contributed by atoms with Crippen molar-refractivity contribution in [3.63, 3.8) is 0 Å². The second kappa shape index (κ2) is 17.0. The average molecular weight is 653 g/mol. The van der Waals surface area contributed by atoms with E-state index in [2.05, 4.69) is 10.6 Å². The molecule has 2 N–H and O–H groups in total. The van der Waals surface area contributed by atoms with Crippen molar-refractivity contribution >= 4 is 35.6 Å². The van der Waals surface area contributed by atoms with Crippen molar-refractivity contribution in [2.24, 2.45) is 0 Å². The van der Waals surface area contributed by atoms with E-state index in [0.29, 0.717) is 11.3 Å². The fraction of sp³-hybridized carbons (Fsp3) is 0.514. The number of carbonyl (C=O) groups is 4. The van der Waals surface area contributed by atoms with E-state index in [1.54, 1.807) is 53.7 Å². The third-order valence-electron chi connectivity index (χ3n) is 6.92. The lowest BCUT2D eigenvalue weighted by Crippen LogP contribution is -2.55. The van der Waals surface area contributed by atoms with Gasteiger partial charge in [-0.25, -0.2) is 9.59 Å². The van der Waals surface area contributed by atoms with Gasteiger partial charge in [0.2, 0.25) is 11.8 Å². The first kappa shape index (κ1) is 38.1. The number of hydrogen-bond acceptors (Lipinski definition) is 8. The minimum atomic E-state index is -1.30. The molecule has 250 valence electrons. The third kappa shape index (κ3) is 12.0. The number of carbonyl (C=O) groups excluding carboxylic acids is 4. The van der Waals surface area contributed by atoms with Crippen LogP contribution >= 0.6 is 11.8 Å². The maximum atomic E-state index is 14.4. The number of aryl methyl sites for hydroxylation is 1. The van der Waals surface area contributed by atoms with E-state index in [1.807, 2.05) is 62.6 Å². The van der Waals surface area contributed by atoms with Crippen LogP contribution in [0.15, 0.2) is 48.5 Å². The largest absolute Gasteiger partial charge is 0.458 e. The first-order valence-corrected chi connectivity index (χ1v) is 16.7. The number of ether oxygens (including phenoxy) is 2. The number of nitrogens with one attached hydrogen (secondary N) is 2. The van der Waals surface area contributed by atoms with Crippen molar-refractivity contribution in [3.8, 4) is 6.07 Å². The van der Waals surface area contributed by atoms with Gasteiger partial charge in [0.15, 0.2) is 0 Å². The van der Waals surface area contributed by atoms with Crippen LogP contribution in [0.25, 0.3) is 0 Å². The van der Waals surface area contributed by atoms with Gasteiger partial charge in [-0.3, -0.25) is 9.59 Å². The molecule has 0 heterocycles. The Morgan fingerprint density at radius 2 is 1.52 bits per heavy atom. The Hall–Kier alpha value is -4.04. The summed E-state index contributed by atoms with van der Waals surface area (Å²) in [6.07, 6.45) is 1.46. The van der Waals surface area contributed by atoms with Crippen molar-refractivity contribution in [2.45, 2.75) is 97.6 Å². The smallest absolute Gasteiger partial charge is 0.408 e. The number of nitrogens with zero attached hydrogens (tertiary/aromatic N) is 2. The molecule has 0 aliphatic carbocycles. The summed E-state index contributed by atoms with van der Waals surface area (Å²) in [6.45, 7) is 13.6. The van der Waals surface area contributed by atoms with E-state index in [4.69, 9.17) is 9.47 Å². The molecule has 0 radical (unpaired) electrons. The molecule has 10 nitrogen and oxygen atoms in total. The Morgan fingerprint density at radius 1 is 0.891 bits per heavy atom. The number of amides is 3. The van der Waals surface area contributed by atoms with Gasteiger partial charge in [0.1, 0.15) is 35.9 Å². The lowest BCUT2D eigenvalue weighted by molar-refractivity contribution is -0.159. The van der Waals surface area contributed by atoms with E-state index in [-0.39, 0.29) is 12.8 Å². The second-order valence-electron chi connectivity index (χ2n) is 13.1.